The van der Waals surface area contributed by atoms with Gasteiger partial charge in [-0.1, -0.05) is 0 Å². The van der Waals surface area contributed by atoms with E-state index in [0.717, 1.165) is 0 Å². The highest BCUT2D eigenvalue weighted by Gasteiger charge is 2.33. The van der Waals surface area contributed by atoms with Gasteiger partial charge in [0.25, 0.3) is 5.69 Å². The average molecular weight is 337 g/mol. The molecular formula is C14H15N3O7. The highest BCUT2D eigenvalue weighted by atomic mass is 16.7. The largest absolute Gasteiger partial charge is 0.454 e. The molecule has 10 nitrogen and oxygen atoms in total. The Morgan fingerprint density at radius 3 is 2.71 bits per heavy atom. The van der Waals surface area contributed by atoms with Gasteiger partial charge in [0.2, 0.25) is 12.7 Å². The van der Waals surface area contributed by atoms with E-state index in [2.05, 4.69) is 10.5 Å². The summed E-state index contributed by atoms with van der Waals surface area (Å²) in [4.78, 5) is 22.4. The third kappa shape index (κ3) is 3.44. The summed E-state index contributed by atoms with van der Waals surface area (Å²) in [5.74, 6) is -0.719. The van der Waals surface area contributed by atoms with Crippen LogP contribution in [0.4, 0.5) is 5.69 Å². The molecule has 0 bridgehead atoms. The Kier molecular flexibility index (Phi) is 4.32. The minimum absolute atomic E-state index is 0.00238. The number of amides is 1. The van der Waals surface area contributed by atoms with Crippen LogP contribution in [-0.4, -0.2) is 42.8 Å². The maximum atomic E-state index is 11.8. The number of ether oxygens (including phenoxy) is 4. The number of carbonyl (C=O) groups excluding carboxylic acids is 1. The minimum atomic E-state index is -0.968. The summed E-state index contributed by atoms with van der Waals surface area (Å²) in [5, 5.41) is 14.9. The fourth-order valence-corrected chi connectivity index (χ4v) is 2.37. The van der Waals surface area contributed by atoms with Crippen LogP contribution in [0.3, 0.4) is 0 Å². The molecule has 0 aromatic heterocycles. The van der Waals surface area contributed by atoms with E-state index in [1.807, 2.05) is 0 Å². The summed E-state index contributed by atoms with van der Waals surface area (Å²) in [6.07, 6.45) is 1.14. The Bertz CT molecular complexity index is 698. The number of nitro benzene ring substituents is 1. The van der Waals surface area contributed by atoms with Crippen molar-refractivity contribution in [2.45, 2.75) is 19.1 Å². The molecule has 2 aliphatic rings. The summed E-state index contributed by atoms with van der Waals surface area (Å²) in [7, 11) is 0. The number of rotatable bonds is 5. The summed E-state index contributed by atoms with van der Waals surface area (Å²) >= 11 is 0. The molecule has 1 amide bonds. The summed E-state index contributed by atoms with van der Waals surface area (Å²) in [6.45, 7) is 2.52. The molecule has 10 heteroatoms. The van der Waals surface area contributed by atoms with Crippen LogP contribution in [0.15, 0.2) is 17.2 Å². The van der Waals surface area contributed by atoms with Gasteiger partial charge in [-0.3, -0.25) is 14.9 Å². The fourth-order valence-electron chi connectivity index (χ4n) is 2.37. The van der Waals surface area contributed by atoms with Gasteiger partial charge in [-0.25, -0.2) is 5.43 Å². The van der Waals surface area contributed by atoms with E-state index in [9.17, 15) is 14.9 Å². The van der Waals surface area contributed by atoms with Crippen molar-refractivity contribution in [3.05, 3.63) is 27.8 Å². The lowest BCUT2D eigenvalue weighted by molar-refractivity contribution is -0.385. The van der Waals surface area contributed by atoms with Crippen molar-refractivity contribution in [3.8, 4) is 11.5 Å². The van der Waals surface area contributed by atoms with Gasteiger partial charge in [0.15, 0.2) is 17.3 Å². The van der Waals surface area contributed by atoms with Crippen LogP contribution in [0.1, 0.15) is 18.9 Å². The summed E-state index contributed by atoms with van der Waals surface area (Å²) in [6, 6.07) is 2.69. The van der Waals surface area contributed by atoms with Crippen molar-refractivity contribution in [2.75, 3.05) is 20.0 Å². The molecule has 0 aliphatic carbocycles. The molecule has 2 heterocycles. The molecule has 1 fully saturated rings. The predicted molar refractivity (Wildman–Crippen MR) is 79.9 cm³/mol. The number of hydrazone groups is 1. The van der Waals surface area contributed by atoms with Crippen molar-refractivity contribution >= 4 is 17.8 Å². The van der Waals surface area contributed by atoms with Crippen molar-refractivity contribution < 1.29 is 28.7 Å². The second kappa shape index (κ2) is 6.42. The number of hydrogen-bond donors (Lipinski definition) is 1. The molecule has 0 atom stereocenters. The third-order valence-corrected chi connectivity index (χ3v) is 3.49. The first kappa shape index (κ1) is 16.1. The SMILES string of the molecule is CC1(CC(=O)NN=Cc2cc3c(cc2[N+](=O)[O-])OCO3)OCCO1. The Morgan fingerprint density at radius 1 is 1.38 bits per heavy atom. The van der Waals surface area contributed by atoms with Gasteiger partial charge < -0.3 is 18.9 Å². The minimum Gasteiger partial charge on any atom is -0.454 e. The number of fused-ring (bicyclic) bond motifs is 1. The normalized spacial score (nSPS) is 18.0. The second-order valence-corrected chi connectivity index (χ2v) is 5.32. The van der Waals surface area contributed by atoms with Gasteiger partial charge in [-0.2, -0.15) is 5.10 Å². The van der Waals surface area contributed by atoms with Crippen molar-refractivity contribution in [1.29, 1.82) is 0 Å². The summed E-state index contributed by atoms with van der Waals surface area (Å²) in [5.41, 5.74) is 2.28. The maximum absolute atomic E-state index is 11.8. The van der Waals surface area contributed by atoms with E-state index in [4.69, 9.17) is 18.9 Å². The van der Waals surface area contributed by atoms with Gasteiger partial charge >= 0.3 is 0 Å². The molecule has 0 spiro atoms. The van der Waals surface area contributed by atoms with Crippen LogP contribution in [0.5, 0.6) is 11.5 Å². The topological polar surface area (TPSA) is 122 Å². The molecule has 128 valence electrons. The lowest BCUT2D eigenvalue weighted by Crippen LogP contribution is -2.33. The first-order chi connectivity index (χ1) is 11.5. The number of nitrogens with one attached hydrogen (secondary N) is 1. The number of benzene rings is 1. The van der Waals surface area contributed by atoms with Gasteiger partial charge in [0.1, 0.15) is 0 Å². The maximum Gasteiger partial charge on any atom is 0.282 e. The smallest absolute Gasteiger partial charge is 0.282 e. The number of carbonyl (C=O) groups is 1. The van der Waals surface area contributed by atoms with Crippen LogP contribution in [0.2, 0.25) is 0 Å². The zero-order valence-corrected chi connectivity index (χ0v) is 12.8. The van der Waals surface area contributed by atoms with Gasteiger partial charge in [-0.05, 0) is 13.0 Å². The van der Waals surface area contributed by atoms with Gasteiger partial charge in [0, 0.05) is 0 Å². The number of nitrogens with zero attached hydrogens (tertiary/aromatic N) is 2. The molecule has 1 N–H and O–H groups in total. The van der Waals surface area contributed by atoms with E-state index in [-0.39, 0.29) is 24.5 Å². The van der Waals surface area contributed by atoms with E-state index < -0.39 is 16.6 Å². The van der Waals surface area contributed by atoms with Crippen LogP contribution in [-0.2, 0) is 14.3 Å². The molecule has 3 rings (SSSR count). The van der Waals surface area contributed by atoms with E-state index in [1.165, 1.54) is 18.3 Å². The Balaban J connectivity index is 1.68. The van der Waals surface area contributed by atoms with Crippen molar-refractivity contribution in [2.24, 2.45) is 5.10 Å². The lowest BCUT2D eigenvalue weighted by atomic mass is 10.1. The third-order valence-electron chi connectivity index (χ3n) is 3.49. The van der Waals surface area contributed by atoms with Gasteiger partial charge in [-0.15, -0.1) is 0 Å². The predicted octanol–water partition coefficient (Wildman–Crippen LogP) is 0.927. The van der Waals surface area contributed by atoms with E-state index in [1.54, 1.807) is 6.92 Å². The Morgan fingerprint density at radius 2 is 2.04 bits per heavy atom. The number of hydrogen-bond acceptors (Lipinski definition) is 8. The molecule has 24 heavy (non-hydrogen) atoms. The highest BCUT2D eigenvalue weighted by molar-refractivity contribution is 5.88. The first-order valence-corrected chi connectivity index (χ1v) is 7.15. The standard InChI is InChI=1S/C14H15N3O7/c1-14(23-2-3-24-14)6-13(18)16-15-7-9-4-11-12(22-8-21-11)5-10(9)17(19)20/h4-5,7H,2-3,6,8H2,1H3,(H,16,18). The van der Waals surface area contributed by atoms with Crippen molar-refractivity contribution in [1.82, 2.24) is 5.43 Å². The highest BCUT2D eigenvalue weighted by Crippen LogP contribution is 2.37. The lowest BCUT2D eigenvalue weighted by Gasteiger charge is -2.20. The fraction of sp³-hybridized carbons (Fsp3) is 0.429. The average Bonchev–Trinajstić information content (AvgIpc) is 3.14. The monoisotopic (exact) mass is 337 g/mol. The molecule has 0 unspecified atom stereocenters. The second-order valence-electron chi connectivity index (χ2n) is 5.32. The summed E-state index contributed by atoms with van der Waals surface area (Å²) < 4.78 is 20.9. The van der Waals surface area contributed by atoms with E-state index in [0.29, 0.717) is 24.7 Å². The number of nitro groups is 1. The molecular weight excluding hydrogens is 322 g/mol. The molecule has 1 aromatic carbocycles. The quantitative estimate of drug-likeness (QED) is 0.482. The van der Waals surface area contributed by atoms with Crippen molar-refractivity contribution in [3.63, 3.8) is 0 Å². The Labute approximate surface area is 136 Å². The van der Waals surface area contributed by atoms with Crippen LogP contribution in [0.25, 0.3) is 0 Å². The zero-order valence-electron chi connectivity index (χ0n) is 12.8. The molecule has 1 saturated heterocycles. The molecule has 2 aliphatic heterocycles. The Hall–Kier alpha value is -2.72. The molecule has 0 radical (unpaired) electrons. The molecule has 1 aromatic rings. The van der Waals surface area contributed by atoms with E-state index >= 15 is 0 Å². The first-order valence-electron chi connectivity index (χ1n) is 7.15. The van der Waals surface area contributed by atoms with Gasteiger partial charge in [0.05, 0.1) is 42.4 Å². The molecule has 0 saturated carbocycles. The van der Waals surface area contributed by atoms with Crippen LogP contribution in [0, 0.1) is 10.1 Å². The van der Waals surface area contributed by atoms with Crippen LogP contribution < -0.4 is 14.9 Å². The zero-order chi connectivity index (χ0) is 17.2. The van der Waals surface area contributed by atoms with Crippen LogP contribution >= 0.6 is 0 Å².